The molecule has 1 heterocycles. The van der Waals surface area contributed by atoms with Crippen LogP contribution in [0.4, 0.5) is 0 Å². The van der Waals surface area contributed by atoms with Crippen LogP contribution in [0.2, 0.25) is 5.02 Å². The van der Waals surface area contributed by atoms with Gasteiger partial charge in [-0.05, 0) is 84.8 Å². The van der Waals surface area contributed by atoms with Gasteiger partial charge < -0.3 is 9.64 Å². The third-order valence-electron chi connectivity index (χ3n) is 6.73. The van der Waals surface area contributed by atoms with Gasteiger partial charge in [-0.15, -0.1) is 0 Å². The average Bonchev–Trinajstić information content (AvgIpc) is 3.26. The van der Waals surface area contributed by atoms with Gasteiger partial charge in [0.05, 0.1) is 18.7 Å². The van der Waals surface area contributed by atoms with Crippen LogP contribution in [0.25, 0.3) is 11.1 Å². The summed E-state index contributed by atoms with van der Waals surface area (Å²) < 4.78 is 4.73. The zero-order valence-corrected chi connectivity index (χ0v) is 21.8. The number of rotatable bonds is 9. The molecule has 1 amide bonds. The number of ketones is 1. The predicted molar refractivity (Wildman–Crippen MR) is 146 cm³/mol. The first kappa shape index (κ1) is 26.4. The van der Waals surface area contributed by atoms with Crippen molar-refractivity contribution in [2.24, 2.45) is 0 Å². The molecule has 1 fully saturated rings. The van der Waals surface area contributed by atoms with E-state index in [1.807, 2.05) is 72.5 Å². The largest absolute Gasteiger partial charge is 0.465 e. The molecular formula is C31H30ClNO4. The van der Waals surface area contributed by atoms with E-state index < -0.39 is 0 Å². The summed E-state index contributed by atoms with van der Waals surface area (Å²) in [6, 6.07) is 20.5. The number of halogens is 1. The minimum atomic E-state index is -0.356. The summed E-state index contributed by atoms with van der Waals surface area (Å²) in [4.78, 5) is 38.9. The first-order valence-electron chi connectivity index (χ1n) is 12.4. The molecule has 0 aliphatic carbocycles. The monoisotopic (exact) mass is 515 g/mol. The fraction of sp³-hybridized carbons (Fsp3) is 0.258. The maximum Gasteiger partial charge on any atom is 0.337 e. The Morgan fingerprint density at radius 1 is 1.05 bits per heavy atom. The minimum Gasteiger partial charge on any atom is -0.465 e. The number of nitrogens with zero attached hydrogens (tertiary/aromatic N) is 1. The number of benzene rings is 3. The second kappa shape index (κ2) is 12.0. The maximum atomic E-state index is 13.0. The van der Waals surface area contributed by atoms with Crippen LogP contribution in [-0.4, -0.2) is 42.3 Å². The highest BCUT2D eigenvalue weighted by Gasteiger charge is 2.28. The first-order chi connectivity index (χ1) is 17.9. The molecular weight excluding hydrogens is 486 g/mol. The van der Waals surface area contributed by atoms with Crippen molar-refractivity contribution in [2.45, 2.75) is 38.6 Å². The van der Waals surface area contributed by atoms with E-state index in [1.165, 1.54) is 7.11 Å². The summed E-state index contributed by atoms with van der Waals surface area (Å²) in [5, 5.41) is 0.684. The van der Waals surface area contributed by atoms with Gasteiger partial charge in [-0.25, -0.2) is 4.79 Å². The van der Waals surface area contributed by atoms with Crippen LogP contribution in [0.1, 0.15) is 51.1 Å². The van der Waals surface area contributed by atoms with Gasteiger partial charge in [0.2, 0.25) is 5.91 Å². The van der Waals surface area contributed by atoms with Gasteiger partial charge in [0.25, 0.3) is 0 Å². The van der Waals surface area contributed by atoms with E-state index in [9.17, 15) is 14.4 Å². The van der Waals surface area contributed by atoms with Gasteiger partial charge >= 0.3 is 5.97 Å². The quantitative estimate of drug-likeness (QED) is 0.186. The lowest BCUT2D eigenvalue weighted by atomic mass is 9.97. The molecule has 190 valence electrons. The summed E-state index contributed by atoms with van der Waals surface area (Å²) in [5.74, 6) is -0.327. The molecule has 1 aliphatic heterocycles. The van der Waals surface area contributed by atoms with Crippen molar-refractivity contribution in [1.82, 2.24) is 4.90 Å². The average molecular weight is 516 g/mol. The van der Waals surface area contributed by atoms with Crippen molar-refractivity contribution in [3.8, 4) is 11.1 Å². The van der Waals surface area contributed by atoms with Crippen molar-refractivity contribution in [3.05, 3.63) is 106 Å². The van der Waals surface area contributed by atoms with Crippen LogP contribution in [0.3, 0.4) is 0 Å². The molecule has 0 unspecified atom stereocenters. The first-order valence-corrected chi connectivity index (χ1v) is 12.8. The molecule has 1 atom stereocenters. The molecule has 4 rings (SSSR count). The van der Waals surface area contributed by atoms with Crippen molar-refractivity contribution < 1.29 is 19.1 Å². The summed E-state index contributed by atoms with van der Waals surface area (Å²) in [6.07, 6.45) is 6.23. The molecule has 1 aliphatic rings. The third kappa shape index (κ3) is 6.55. The Morgan fingerprint density at radius 3 is 2.57 bits per heavy atom. The highest BCUT2D eigenvalue weighted by molar-refractivity contribution is 6.30. The topological polar surface area (TPSA) is 63.7 Å². The molecule has 5 nitrogen and oxygen atoms in total. The molecule has 0 bridgehead atoms. The Balaban J connectivity index is 1.37. The standard InChI is InChI=1S/C31H30ClNO4/c1-21-19-26(32)12-15-28(21)24-6-3-7-25(20-24)29(34)16-13-27-14-17-30(35)33(27)18-4-5-22-8-10-23(11-9-22)31(36)37-2/h3,6-13,15-16,19-20,27H,4-5,14,17-18H2,1-2H3/b16-13+/t27-/m0/s1. The fourth-order valence-electron chi connectivity index (χ4n) is 4.71. The number of allylic oxidation sites excluding steroid dienone is 1. The van der Waals surface area contributed by atoms with Gasteiger partial charge in [-0.2, -0.15) is 0 Å². The lowest BCUT2D eigenvalue weighted by molar-refractivity contribution is -0.128. The smallest absolute Gasteiger partial charge is 0.337 e. The van der Waals surface area contributed by atoms with Crippen LogP contribution < -0.4 is 0 Å². The SMILES string of the molecule is COC(=O)c1ccc(CCCN2C(=O)CC[C@@H]2/C=C/C(=O)c2cccc(-c3ccc(Cl)cc3C)c2)cc1. The molecule has 6 heteroatoms. The Labute approximate surface area is 222 Å². The summed E-state index contributed by atoms with van der Waals surface area (Å²) >= 11 is 6.09. The Morgan fingerprint density at radius 2 is 1.84 bits per heavy atom. The lowest BCUT2D eigenvalue weighted by Crippen LogP contribution is -2.33. The number of methoxy groups -OCH3 is 1. The minimum absolute atomic E-state index is 0.0835. The number of hydrogen-bond acceptors (Lipinski definition) is 4. The Hall–Kier alpha value is -3.70. The number of hydrogen-bond donors (Lipinski definition) is 0. The van der Waals surface area contributed by atoms with Gasteiger partial charge in [0.1, 0.15) is 0 Å². The van der Waals surface area contributed by atoms with E-state index in [-0.39, 0.29) is 23.7 Å². The molecule has 0 spiro atoms. The van der Waals surface area contributed by atoms with Crippen LogP contribution in [0.15, 0.2) is 78.9 Å². The number of amides is 1. The van der Waals surface area contributed by atoms with Gasteiger partial charge in [0.15, 0.2) is 5.78 Å². The van der Waals surface area contributed by atoms with E-state index in [2.05, 4.69) is 0 Å². The number of carbonyl (C=O) groups excluding carboxylic acids is 3. The molecule has 0 N–H and O–H groups in total. The van der Waals surface area contributed by atoms with E-state index in [4.69, 9.17) is 16.3 Å². The van der Waals surface area contributed by atoms with Crippen molar-refractivity contribution >= 4 is 29.3 Å². The second-order valence-electron chi connectivity index (χ2n) is 9.25. The number of likely N-dealkylation sites (tertiary alicyclic amines) is 1. The van der Waals surface area contributed by atoms with Crippen molar-refractivity contribution in [2.75, 3.05) is 13.7 Å². The van der Waals surface area contributed by atoms with E-state index in [0.717, 1.165) is 35.1 Å². The van der Waals surface area contributed by atoms with Gasteiger partial charge in [-0.1, -0.05) is 54.1 Å². The number of carbonyl (C=O) groups is 3. The highest BCUT2D eigenvalue weighted by Crippen LogP contribution is 2.27. The van der Waals surface area contributed by atoms with Crippen LogP contribution in [-0.2, 0) is 16.0 Å². The molecule has 0 aromatic heterocycles. The number of esters is 1. The molecule has 37 heavy (non-hydrogen) atoms. The van der Waals surface area contributed by atoms with Gasteiger partial charge in [0, 0.05) is 23.6 Å². The molecule has 3 aromatic rings. The van der Waals surface area contributed by atoms with E-state index in [1.54, 1.807) is 18.2 Å². The van der Waals surface area contributed by atoms with E-state index >= 15 is 0 Å². The zero-order chi connectivity index (χ0) is 26.4. The highest BCUT2D eigenvalue weighted by atomic mass is 35.5. The van der Waals surface area contributed by atoms with E-state index in [0.29, 0.717) is 35.5 Å². The fourth-order valence-corrected chi connectivity index (χ4v) is 4.94. The number of aryl methyl sites for hydroxylation is 2. The summed E-state index contributed by atoms with van der Waals surface area (Å²) in [5.41, 5.74) is 5.27. The Bertz CT molecular complexity index is 1330. The maximum absolute atomic E-state index is 13.0. The van der Waals surface area contributed by atoms with Crippen molar-refractivity contribution in [1.29, 1.82) is 0 Å². The normalized spacial score (nSPS) is 15.4. The second-order valence-corrected chi connectivity index (χ2v) is 9.69. The lowest BCUT2D eigenvalue weighted by Gasteiger charge is -2.22. The van der Waals surface area contributed by atoms with Crippen molar-refractivity contribution in [3.63, 3.8) is 0 Å². The number of ether oxygens (including phenoxy) is 1. The zero-order valence-electron chi connectivity index (χ0n) is 21.1. The summed E-state index contributed by atoms with van der Waals surface area (Å²) in [7, 11) is 1.36. The molecule has 1 saturated heterocycles. The molecule has 0 radical (unpaired) electrons. The van der Waals surface area contributed by atoms with Gasteiger partial charge in [-0.3, -0.25) is 9.59 Å². The predicted octanol–water partition coefficient (Wildman–Crippen LogP) is 6.46. The third-order valence-corrected chi connectivity index (χ3v) is 6.97. The van der Waals surface area contributed by atoms with Crippen LogP contribution in [0, 0.1) is 6.92 Å². The molecule has 0 saturated carbocycles. The van der Waals surface area contributed by atoms with Crippen LogP contribution >= 0.6 is 11.6 Å². The Kier molecular flexibility index (Phi) is 8.57. The molecule has 3 aromatic carbocycles. The summed E-state index contributed by atoms with van der Waals surface area (Å²) in [6.45, 7) is 2.62. The van der Waals surface area contributed by atoms with Crippen LogP contribution in [0.5, 0.6) is 0 Å².